The van der Waals surface area contributed by atoms with Crippen molar-refractivity contribution in [2.24, 2.45) is 0 Å². The van der Waals surface area contributed by atoms with Crippen LogP contribution < -0.4 is 4.74 Å². The van der Waals surface area contributed by atoms with Gasteiger partial charge in [0.2, 0.25) is 0 Å². The summed E-state index contributed by atoms with van der Waals surface area (Å²) in [6.07, 6.45) is 0.784. The summed E-state index contributed by atoms with van der Waals surface area (Å²) in [6, 6.07) is 5.52. The van der Waals surface area contributed by atoms with E-state index < -0.39 is 0 Å². The van der Waals surface area contributed by atoms with Crippen molar-refractivity contribution in [2.45, 2.75) is 0 Å². The van der Waals surface area contributed by atoms with Gasteiger partial charge in [-0.3, -0.25) is 4.79 Å². The lowest BCUT2D eigenvalue weighted by Gasteiger charge is -2.01. The van der Waals surface area contributed by atoms with Crippen LogP contribution >= 0.6 is 15.9 Å². The lowest BCUT2D eigenvalue weighted by molar-refractivity contribution is 0.112. The molecule has 0 atom stereocenters. The molecule has 3 nitrogen and oxygen atoms in total. The maximum Gasteiger partial charge on any atom is 0.166 e. The molecule has 0 aliphatic carbocycles. The van der Waals surface area contributed by atoms with E-state index in [4.69, 9.17) is 4.74 Å². The number of ether oxygens (including phenoxy) is 1. The lowest BCUT2D eigenvalue weighted by atomic mass is 10.2. The number of aromatic amines is 1. The van der Waals surface area contributed by atoms with Gasteiger partial charge in [0, 0.05) is 9.86 Å². The zero-order valence-electron chi connectivity index (χ0n) is 7.50. The van der Waals surface area contributed by atoms with Crippen molar-refractivity contribution in [1.82, 2.24) is 4.98 Å². The van der Waals surface area contributed by atoms with Crippen LogP contribution in [0.15, 0.2) is 22.7 Å². The molecule has 2 rings (SSSR count). The van der Waals surface area contributed by atoms with Gasteiger partial charge < -0.3 is 9.72 Å². The third-order valence-electron chi connectivity index (χ3n) is 2.07. The van der Waals surface area contributed by atoms with Gasteiger partial charge in [0.15, 0.2) is 6.29 Å². The first-order chi connectivity index (χ1) is 6.76. The topological polar surface area (TPSA) is 42.1 Å². The molecule has 0 saturated carbocycles. The molecule has 0 aliphatic rings. The highest BCUT2D eigenvalue weighted by Crippen LogP contribution is 2.31. The summed E-state index contributed by atoms with van der Waals surface area (Å²) in [5.41, 5.74) is 1.38. The van der Waals surface area contributed by atoms with Gasteiger partial charge in [-0.1, -0.05) is 15.9 Å². The Bertz CT molecular complexity index is 490. The van der Waals surface area contributed by atoms with Crippen LogP contribution in [0.25, 0.3) is 10.9 Å². The van der Waals surface area contributed by atoms with E-state index in [0.29, 0.717) is 5.69 Å². The molecule has 0 radical (unpaired) electrons. The number of benzene rings is 1. The minimum absolute atomic E-state index is 0.546. The number of carbonyl (C=O) groups excluding carboxylic acids is 1. The predicted molar refractivity (Wildman–Crippen MR) is 57.9 cm³/mol. The summed E-state index contributed by atoms with van der Waals surface area (Å²) in [7, 11) is 1.60. The Labute approximate surface area is 89.2 Å². The van der Waals surface area contributed by atoms with E-state index in [9.17, 15) is 4.79 Å². The molecule has 0 aliphatic heterocycles. The van der Waals surface area contributed by atoms with Crippen molar-refractivity contribution < 1.29 is 9.53 Å². The summed E-state index contributed by atoms with van der Waals surface area (Å²) in [5, 5.41) is 0.950. The van der Waals surface area contributed by atoms with E-state index in [1.165, 1.54) is 0 Å². The van der Waals surface area contributed by atoms with Crippen LogP contribution in [0.4, 0.5) is 0 Å². The van der Waals surface area contributed by atoms with E-state index in [-0.39, 0.29) is 0 Å². The number of aromatic nitrogens is 1. The molecule has 0 bridgehead atoms. The molecule has 2 aromatic rings. The fourth-order valence-electron chi connectivity index (χ4n) is 1.41. The number of methoxy groups -OCH3 is 1. The first-order valence-electron chi connectivity index (χ1n) is 4.06. The number of carbonyl (C=O) groups is 1. The molecule has 0 unspecified atom stereocenters. The number of hydrogen-bond donors (Lipinski definition) is 1. The highest BCUT2D eigenvalue weighted by Gasteiger charge is 2.08. The first-order valence-corrected chi connectivity index (χ1v) is 4.86. The monoisotopic (exact) mass is 253 g/mol. The van der Waals surface area contributed by atoms with Crippen LogP contribution in [-0.2, 0) is 0 Å². The highest BCUT2D eigenvalue weighted by molar-refractivity contribution is 9.10. The number of nitrogens with one attached hydrogen (secondary N) is 1. The summed E-state index contributed by atoms with van der Waals surface area (Å²) >= 11 is 3.41. The maximum atomic E-state index is 10.6. The summed E-state index contributed by atoms with van der Waals surface area (Å²) in [4.78, 5) is 13.6. The zero-order valence-corrected chi connectivity index (χ0v) is 9.09. The fourth-order valence-corrected chi connectivity index (χ4v) is 1.86. The molecule has 0 spiro atoms. The Morgan fingerprint density at radius 3 is 2.93 bits per heavy atom. The van der Waals surface area contributed by atoms with Crippen LogP contribution in [-0.4, -0.2) is 18.4 Å². The second kappa shape index (κ2) is 3.46. The van der Waals surface area contributed by atoms with Crippen molar-refractivity contribution in [3.8, 4) is 5.75 Å². The van der Waals surface area contributed by atoms with Gasteiger partial charge in [-0.2, -0.15) is 0 Å². The van der Waals surface area contributed by atoms with Crippen LogP contribution in [0.5, 0.6) is 5.75 Å². The van der Waals surface area contributed by atoms with Gasteiger partial charge >= 0.3 is 0 Å². The van der Waals surface area contributed by atoms with Gasteiger partial charge in [-0.15, -0.1) is 0 Å². The molecular weight excluding hydrogens is 246 g/mol. The highest BCUT2D eigenvalue weighted by atomic mass is 79.9. The van der Waals surface area contributed by atoms with Crippen LogP contribution in [0, 0.1) is 0 Å². The Kier molecular flexibility index (Phi) is 2.29. The molecule has 1 aromatic heterocycles. The van der Waals surface area contributed by atoms with Gasteiger partial charge in [0.1, 0.15) is 5.75 Å². The number of fused-ring (bicyclic) bond motifs is 1. The summed E-state index contributed by atoms with van der Waals surface area (Å²) in [5.74, 6) is 0.733. The summed E-state index contributed by atoms with van der Waals surface area (Å²) < 4.78 is 6.11. The Hall–Kier alpha value is -1.29. The Morgan fingerprint density at radius 1 is 1.50 bits per heavy atom. The van der Waals surface area contributed by atoms with Crippen molar-refractivity contribution in [2.75, 3.05) is 7.11 Å². The van der Waals surface area contributed by atoms with E-state index in [0.717, 1.165) is 27.4 Å². The molecular formula is C10H8BrNO2. The van der Waals surface area contributed by atoms with Crippen LogP contribution in [0.3, 0.4) is 0 Å². The smallest absolute Gasteiger partial charge is 0.166 e. The van der Waals surface area contributed by atoms with Gasteiger partial charge in [0.25, 0.3) is 0 Å². The molecule has 4 heteroatoms. The number of aldehydes is 1. The molecule has 0 amide bonds. The SMILES string of the molecule is COc1ccc(Br)c2cc(C=O)[nH]c12. The molecule has 0 saturated heterocycles. The molecule has 0 fully saturated rings. The average Bonchev–Trinajstić information content (AvgIpc) is 2.63. The fraction of sp³-hybridized carbons (Fsp3) is 0.100. The zero-order chi connectivity index (χ0) is 10.1. The summed E-state index contributed by atoms with van der Waals surface area (Å²) in [6.45, 7) is 0. The van der Waals surface area contributed by atoms with Gasteiger partial charge in [-0.25, -0.2) is 0 Å². The second-order valence-corrected chi connectivity index (χ2v) is 3.74. The molecule has 72 valence electrons. The van der Waals surface area contributed by atoms with Gasteiger partial charge in [0.05, 0.1) is 18.3 Å². The van der Waals surface area contributed by atoms with Crippen LogP contribution in [0.2, 0.25) is 0 Å². The lowest BCUT2D eigenvalue weighted by Crippen LogP contribution is -1.84. The first kappa shape index (κ1) is 9.27. The molecule has 1 aromatic carbocycles. The van der Waals surface area contributed by atoms with Crippen molar-refractivity contribution in [3.05, 3.63) is 28.4 Å². The number of rotatable bonds is 2. The Balaban J connectivity index is 2.81. The Morgan fingerprint density at radius 2 is 2.29 bits per heavy atom. The number of H-pyrrole nitrogens is 1. The van der Waals surface area contributed by atoms with Crippen molar-refractivity contribution in [1.29, 1.82) is 0 Å². The average molecular weight is 254 g/mol. The third kappa shape index (κ3) is 1.32. The number of hydrogen-bond acceptors (Lipinski definition) is 2. The number of halogens is 1. The predicted octanol–water partition coefficient (Wildman–Crippen LogP) is 2.75. The largest absolute Gasteiger partial charge is 0.495 e. The van der Waals surface area contributed by atoms with Crippen LogP contribution in [0.1, 0.15) is 10.5 Å². The third-order valence-corrected chi connectivity index (χ3v) is 2.76. The second-order valence-electron chi connectivity index (χ2n) is 2.88. The van der Waals surface area contributed by atoms with Gasteiger partial charge in [-0.05, 0) is 18.2 Å². The van der Waals surface area contributed by atoms with E-state index in [2.05, 4.69) is 20.9 Å². The van der Waals surface area contributed by atoms with Crippen molar-refractivity contribution >= 4 is 33.1 Å². The molecule has 1 N–H and O–H groups in total. The maximum absolute atomic E-state index is 10.6. The van der Waals surface area contributed by atoms with E-state index in [1.807, 2.05) is 12.1 Å². The van der Waals surface area contributed by atoms with E-state index in [1.54, 1.807) is 13.2 Å². The molecule has 1 heterocycles. The standard InChI is InChI=1S/C10H8BrNO2/c1-14-9-3-2-8(11)7-4-6(5-13)12-10(7)9/h2-5,12H,1H3. The quantitative estimate of drug-likeness (QED) is 0.837. The molecule has 14 heavy (non-hydrogen) atoms. The minimum atomic E-state index is 0.546. The van der Waals surface area contributed by atoms with Crippen molar-refractivity contribution in [3.63, 3.8) is 0 Å². The minimum Gasteiger partial charge on any atom is -0.495 e. The van der Waals surface area contributed by atoms with E-state index >= 15 is 0 Å². The normalized spacial score (nSPS) is 10.4.